The first-order chi connectivity index (χ1) is 14.2. The minimum Gasteiger partial charge on any atom is -0.391 e. The van der Waals surface area contributed by atoms with Crippen molar-refractivity contribution in [3.8, 4) is 0 Å². The molecule has 2 aromatic rings. The fourth-order valence-electron chi connectivity index (χ4n) is 6.08. The molecule has 4 heteroatoms. The highest BCUT2D eigenvalue weighted by atomic mass is 16.5. The molecule has 1 saturated heterocycles. The highest BCUT2D eigenvalue weighted by Crippen LogP contribution is 2.49. The molecule has 29 heavy (non-hydrogen) atoms. The van der Waals surface area contributed by atoms with Crippen molar-refractivity contribution in [2.75, 3.05) is 13.2 Å². The summed E-state index contributed by atoms with van der Waals surface area (Å²) in [5.74, 6) is 0. The van der Waals surface area contributed by atoms with Crippen molar-refractivity contribution < 1.29 is 9.84 Å². The van der Waals surface area contributed by atoms with Crippen LogP contribution in [0.1, 0.15) is 67.8 Å². The molecule has 0 radical (unpaired) electrons. The number of hydrogen-bond acceptors (Lipinski definition) is 4. The zero-order valence-electron chi connectivity index (χ0n) is 17.1. The van der Waals surface area contributed by atoms with Gasteiger partial charge in [-0.2, -0.15) is 0 Å². The van der Waals surface area contributed by atoms with E-state index >= 15 is 0 Å². The average Bonchev–Trinajstić information content (AvgIpc) is 3.33. The van der Waals surface area contributed by atoms with E-state index < -0.39 is 0 Å². The molecule has 3 atom stereocenters. The maximum absolute atomic E-state index is 10.6. The van der Waals surface area contributed by atoms with Crippen molar-refractivity contribution >= 4 is 0 Å². The van der Waals surface area contributed by atoms with E-state index in [0.29, 0.717) is 0 Å². The molecule has 1 spiro atoms. The molecule has 1 aromatic heterocycles. The van der Waals surface area contributed by atoms with Crippen molar-refractivity contribution in [2.24, 2.45) is 0 Å². The summed E-state index contributed by atoms with van der Waals surface area (Å²) in [6, 6.07) is 14.8. The maximum Gasteiger partial charge on any atom is 0.0775 e. The van der Waals surface area contributed by atoms with E-state index in [9.17, 15) is 5.11 Å². The number of nitrogens with one attached hydrogen (secondary N) is 1. The third-order valence-corrected chi connectivity index (χ3v) is 7.54. The van der Waals surface area contributed by atoms with Crippen LogP contribution in [0.2, 0.25) is 0 Å². The summed E-state index contributed by atoms with van der Waals surface area (Å²) in [7, 11) is 0. The molecule has 2 unspecified atom stereocenters. The van der Waals surface area contributed by atoms with Gasteiger partial charge in [-0.3, -0.25) is 4.98 Å². The quantitative estimate of drug-likeness (QED) is 0.805. The second-order valence-electron chi connectivity index (χ2n) is 9.31. The highest BCUT2D eigenvalue weighted by Gasteiger charge is 2.48. The molecular formula is C25H32N2O2. The summed E-state index contributed by atoms with van der Waals surface area (Å²) in [6.45, 7) is 1.70. The van der Waals surface area contributed by atoms with Crippen LogP contribution in [0.3, 0.4) is 0 Å². The summed E-state index contributed by atoms with van der Waals surface area (Å²) in [4.78, 5) is 4.80. The van der Waals surface area contributed by atoms with Gasteiger partial charge in [0.2, 0.25) is 0 Å². The Bertz CT molecular complexity index is 834. The van der Waals surface area contributed by atoms with Gasteiger partial charge in [-0.1, -0.05) is 43.2 Å². The van der Waals surface area contributed by atoms with Crippen molar-refractivity contribution in [3.63, 3.8) is 0 Å². The summed E-state index contributed by atoms with van der Waals surface area (Å²) in [6.07, 6.45) is 10.4. The monoisotopic (exact) mass is 392 g/mol. The minimum absolute atomic E-state index is 0.0345. The van der Waals surface area contributed by atoms with Gasteiger partial charge in [-0.25, -0.2) is 0 Å². The molecular weight excluding hydrogens is 360 g/mol. The predicted molar refractivity (Wildman–Crippen MR) is 114 cm³/mol. The molecule has 2 fully saturated rings. The molecule has 0 amide bonds. The number of fused-ring (bicyclic) bond motifs is 1. The van der Waals surface area contributed by atoms with Crippen LogP contribution in [0.4, 0.5) is 0 Å². The van der Waals surface area contributed by atoms with Crippen LogP contribution in [0.5, 0.6) is 0 Å². The fraction of sp³-hybridized carbons (Fsp3) is 0.560. The lowest BCUT2D eigenvalue weighted by atomic mass is 9.68. The first kappa shape index (κ1) is 19.2. The Balaban J connectivity index is 1.35. The van der Waals surface area contributed by atoms with E-state index in [1.165, 1.54) is 42.5 Å². The normalized spacial score (nSPS) is 30.5. The molecule has 4 nitrogen and oxygen atoms in total. The van der Waals surface area contributed by atoms with Crippen LogP contribution >= 0.6 is 0 Å². The Morgan fingerprint density at radius 2 is 1.90 bits per heavy atom. The molecule has 1 aliphatic heterocycles. The van der Waals surface area contributed by atoms with Crippen molar-refractivity contribution in [1.82, 2.24) is 10.3 Å². The number of aliphatic hydroxyl groups excluding tert-OH is 1. The van der Waals surface area contributed by atoms with E-state index in [2.05, 4.69) is 41.7 Å². The van der Waals surface area contributed by atoms with Crippen LogP contribution in [0.25, 0.3) is 0 Å². The lowest BCUT2D eigenvalue weighted by Crippen LogP contribution is -2.47. The van der Waals surface area contributed by atoms with E-state index in [0.717, 1.165) is 38.8 Å². The Morgan fingerprint density at radius 1 is 1.07 bits per heavy atom. The number of aromatic nitrogens is 1. The largest absolute Gasteiger partial charge is 0.391 e. The van der Waals surface area contributed by atoms with E-state index in [4.69, 9.17) is 9.72 Å². The van der Waals surface area contributed by atoms with Gasteiger partial charge in [0.15, 0.2) is 0 Å². The van der Waals surface area contributed by atoms with Gasteiger partial charge in [-0.15, -0.1) is 0 Å². The second-order valence-corrected chi connectivity index (χ2v) is 9.31. The Labute approximate surface area is 173 Å². The fourth-order valence-corrected chi connectivity index (χ4v) is 6.08. The zero-order chi connectivity index (χ0) is 19.7. The second kappa shape index (κ2) is 7.82. The molecule has 2 N–H and O–H groups in total. The van der Waals surface area contributed by atoms with Crippen LogP contribution in [-0.2, 0) is 16.6 Å². The van der Waals surface area contributed by atoms with Crippen molar-refractivity contribution in [2.45, 2.75) is 74.5 Å². The first-order valence-electron chi connectivity index (χ1n) is 11.2. The van der Waals surface area contributed by atoms with E-state index in [1.807, 2.05) is 12.3 Å². The predicted octanol–water partition coefficient (Wildman–Crippen LogP) is 4.08. The molecule has 3 aliphatic rings. The molecule has 1 aromatic carbocycles. The lowest BCUT2D eigenvalue weighted by Gasteiger charge is -2.46. The maximum atomic E-state index is 10.6. The molecule has 154 valence electrons. The SMILES string of the molecule is O[C@H]1Cc2ccccc2C1NCCC1(c2ccccn2)CCOC2(CCCC2)C1. The number of ether oxygens (including phenoxy) is 1. The number of aliphatic hydroxyl groups is 1. The number of benzene rings is 1. The van der Waals surface area contributed by atoms with Gasteiger partial charge in [0, 0.05) is 30.3 Å². The Morgan fingerprint density at radius 3 is 2.72 bits per heavy atom. The van der Waals surface area contributed by atoms with E-state index in [1.54, 1.807) is 0 Å². The number of pyridine rings is 1. The lowest BCUT2D eigenvalue weighted by molar-refractivity contribution is -0.104. The summed E-state index contributed by atoms with van der Waals surface area (Å²) in [5, 5.41) is 14.3. The van der Waals surface area contributed by atoms with Gasteiger partial charge in [0.05, 0.1) is 17.7 Å². The van der Waals surface area contributed by atoms with E-state index in [-0.39, 0.29) is 23.2 Å². The smallest absolute Gasteiger partial charge is 0.0775 e. The first-order valence-corrected chi connectivity index (χ1v) is 11.2. The standard InChI is InChI=1S/C25H32N2O2/c28-21-17-19-7-1-2-8-20(19)23(21)27-15-12-24(22-9-3-6-14-26-22)13-16-29-25(18-24)10-4-5-11-25/h1-3,6-9,14,21,23,27-28H,4-5,10-13,15-18H2/t21-,23?,24?/m0/s1. The molecule has 1 saturated carbocycles. The number of hydrogen-bond donors (Lipinski definition) is 2. The van der Waals surface area contributed by atoms with Crippen LogP contribution in [0, 0.1) is 0 Å². The van der Waals surface area contributed by atoms with Gasteiger partial charge >= 0.3 is 0 Å². The molecule has 0 bridgehead atoms. The Kier molecular flexibility index (Phi) is 5.19. The number of rotatable bonds is 5. The van der Waals surface area contributed by atoms with Gasteiger partial charge in [-0.05, 0) is 61.9 Å². The topological polar surface area (TPSA) is 54.4 Å². The third-order valence-electron chi connectivity index (χ3n) is 7.54. The summed E-state index contributed by atoms with van der Waals surface area (Å²) < 4.78 is 6.36. The van der Waals surface area contributed by atoms with Gasteiger partial charge in [0.25, 0.3) is 0 Å². The number of nitrogens with zero attached hydrogens (tertiary/aromatic N) is 1. The van der Waals surface area contributed by atoms with Crippen LogP contribution in [-0.4, -0.2) is 34.9 Å². The minimum atomic E-state index is -0.339. The summed E-state index contributed by atoms with van der Waals surface area (Å²) in [5.41, 5.74) is 3.85. The molecule has 5 rings (SSSR count). The van der Waals surface area contributed by atoms with Crippen molar-refractivity contribution in [3.05, 3.63) is 65.5 Å². The molecule has 2 heterocycles. The molecule has 2 aliphatic carbocycles. The van der Waals surface area contributed by atoms with Gasteiger partial charge < -0.3 is 15.2 Å². The summed E-state index contributed by atoms with van der Waals surface area (Å²) >= 11 is 0. The van der Waals surface area contributed by atoms with Crippen molar-refractivity contribution in [1.29, 1.82) is 0 Å². The zero-order valence-corrected chi connectivity index (χ0v) is 17.1. The third kappa shape index (κ3) is 3.63. The van der Waals surface area contributed by atoms with Crippen LogP contribution < -0.4 is 5.32 Å². The average molecular weight is 393 g/mol. The highest BCUT2D eigenvalue weighted by molar-refractivity contribution is 5.36. The Hall–Kier alpha value is -1.75. The van der Waals surface area contributed by atoms with Gasteiger partial charge in [0.1, 0.15) is 0 Å². The van der Waals surface area contributed by atoms with Crippen LogP contribution in [0.15, 0.2) is 48.7 Å².